The summed E-state index contributed by atoms with van der Waals surface area (Å²) in [7, 11) is 0. The average molecular weight is 911 g/mol. The molecule has 16 rings (SSSR count). The minimum absolute atomic E-state index is 0.197. The van der Waals surface area contributed by atoms with Gasteiger partial charge in [0, 0.05) is 23.2 Å². The SMILES string of the molecule is O=C1N[C@H](CO)Cc2ccc(cc2)OC/C=C/COc2ccc3c(cnn3-c3ncccc31)c2.O=C[C@@H]1Cc2ccc(cc2)OC/C=C/COc2ccc3c(cnn3-c3ncccc3C(=O)N1)c2. The van der Waals surface area contributed by atoms with Gasteiger partial charge in [-0.1, -0.05) is 24.3 Å². The molecule has 2 atom stereocenters. The average Bonchev–Trinajstić information content (AvgIpc) is 4.00. The van der Waals surface area contributed by atoms with Crippen molar-refractivity contribution < 1.29 is 38.4 Å². The number of nitrogens with zero attached hydrogens (tertiary/aromatic N) is 6. The number of aliphatic hydroxyl groups is 1. The van der Waals surface area contributed by atoms with Crippen LogP contribution < -0.4 is 29.6 Å². The molecule has 8 aliphatic rings. The quantitative estimate of drug-likeness (QED) is 0.128. The first-order valence-electron chi connectivity index (χ1n) is 22.0. The molecule has 8 aliphatic heterocycles. The first kappa shape index (κ1) is 44.6. The van der Waals surface area contributed by atoms with Crippen LogP contribution in [0.2, 0.25) is 0 Å². The number of rotatable bonds is 2. The van der Waals surface area contributed by atoms with Crippen LogP contribution in [0.4, 0.5) is 0 Å². The van der Waals surface area contributed by atoms with Crippen molar-refractivity contribution in [3.63, 3.8) is 0 Å². The predicted molar refractivity (Wildman–Crippen MR) is 254 cm³/mol. The number of carbonyl (C=O) groups is 3. The zero-order valence-corrected chi connectivity index (χ0v) is 36.7. The van der Waals surface area contributed by atoms with E-state index < -0.39 is 18.0 Å². The van der Waals surface area contributed by atoms with Gasteiger partial charge in [0.05, 0.1) is 53.2 Å². The Bertz CT molecular complexity index is 3110. The summed E-state index contributed by atoms with van der Waals surface area (Å²) in [4.78, 5) is 46.9. The topological polar surface area (TPSA) is 194 Å². The van der Waals surface area contributed by atoms with Gasteiger partial charge in [-0.3, -0.25) is 9.59 Å². The largest absolute Gasteiger partial charge is 0.490 e. The van der Waals surface area contributed by atoms with Gasteiger partial charge in [-0.25, -0.2) is 19.3 Å². The summed E-state index contributed by atoms with van der Waals surface area (Å²) in [5.74, 6) is 2.93. The number of ether oxygens (including phenoxy) is 4. The highest BCUT2D eigenvalue weighted by Gasteiger charge is 2.22. The highest BCUT2D eigenvalue weighted by atomic mass is 16.5. The lowest BCUT2D eigenvalue weighted by Crippen LogP contribution is -2.39. The molecule has 0 spiro atoms. The zero-order valence-electron chi connectivity index (χ0n) is 36.7. The molecule has 0 radical (unpaired) electrons. The van der Waals surface area contributed by atoms with E-state index in [1.807, 2.05) is 109 Å². The summed E-state index contributed by atoms with van der Waals surface area (Å²) in [6.45, 7) is 1.45. The normalized spacial score (nSPS) is 17.4. The van der Waals surface area contributed by atoms with Crippen LogP contribution >= 0.6 is 0 Å². The maximum atomic E-state index is 13.2. The van der Waals surface area contributed by atoms with Crippen LogP contribution in [-0.4, -0.2) is 97.9 Å². The Morgan fingerprint density at radius 3 is 1.49 bits per heavy atom. The minimum atomic E-state index is -0.696. The van der Waals surface area contributed by atoms with Crippen LogP contribution in [0.15, 0.2) is 158 Å². The fraction of sp³-hybridized carbons (Fsp3) is 0.173. The van der Waals surface area contributed by atoms with Gasteiger partial charge in [-0.05, 0) is 133 Å². The first-order chi connectivity index (χ1) is 33.4. The Morgan fingerprint density at radius 1 is 0.574 bits per heavy atom. The Labute approximate surface area is 390 Å². The monoisotopic (exact) mass is 910 g/mol. The summed E-state index contributed by atoms with van der Waals surface area (Å²) < 4.78 is 26.4. The van der Waals surface area contributed by atoms with Gasteiger partial charge in [0.25, 0.3) is 11.8 Å². The van der Waals surface area contributed by atoms with Crippen LogP contribution in [0.1, 0.15) is 31.8 Å². The molecule has 342 valence electrons. The lowest BCUT2D eigenvalue weighted by Gasteiger charge is -2.18. The van der Waals surface area contributed by atoms with E-state index >= 15 is 0 Å². The number of nitrogens with one attached hydrogen (secondary N) is 2. The molecule has 2 amide bonds. The molecular formula is C52H46N8O8. The van der Waals surface area contributed by atoms with Crippen molar-refractivity contribution in [3.8, 4) is 34.6 Å². The molecule has 0 fully saturated rings. The third kappa shape index (κ3) is 10.6. The Balaban J connectivity index is 0.000000170. The predicted octanol–water partition coefficient (Wildman–Crippen LogP) is 6.37. The van der Waals surface area contributed by atoms with Crippen LogP contribution in [0.25, 0.3) is 33.4 Å². The first-order valence-corrected chi connectivity index (χ1v) is 22.0. The van der Waals surface area contributed by atoms with E-state index in [-0.39, 0.29) is 12.5 Å². The maximum absolute atomic E-state index is 13.2. The smallest absolute Gasteiger partial charge is 0.255 e. The Morgan fingerprint density at radius 2 is 1.01 bits per heavy atom. The number of aliphatic hydroxyl groups excluding tert-OH is 1. The van der Waals surface area contributed by atoms with Gasteiger partial charge in [0.2, 0.25) is 0 Å². The fourth-order valence-electron chi connectivity index (χ4n) is 7.66. The summed E-state index contributed by atoms with van der Waals surface area (Å²) in [5, 5.41) is 26.3. The molecular weight excluding hydrogens is 865 g/mol. The molecule has 68 heavy (non-hydrogen) atoms. The second-order valence-corrected chi connectivity index (χ2v) is 15.8. The maximum Gasteiger partial charge on any atom is 0.255 e. The number of hydrogen-bond donors (Lipinski definition) is 3. The standard InChI is InChI=1S/C26H24N4O4.C26H22N4O4/c2*31-17-20-14-18-5-7-21(8-6-18)33-12-1-2-13-34-22-9-10-24-19(15-22)16-28-30(24)25-23(26(32)29-20)4-3-11-27-25/h1-11,15-16,20,31H,12-14,17H2,(H,29,32);1-11,15-17,20H,12-14H2,(H,29,32)/b2*2-1+/t2*20-/m00/s1. The lowest BCUT2D eigenvalue weighted by molar-refractivity contribution is -0.109. The van der Waals surface area contributed by atoms with Crippen molar-refractivity contribution in [2.75, 3.05) is 33.0 Å². The second-order valence-electron chi connectivity index (χ2n) is 15.8. The van der Waals surface area contributed by atoms with E-state index in [1.165, 1.54) is 0 Å². The number of pyridine rings is 2. The Hall–Kier alpha value is -8.63. The summed E-state index contributed by atoms with van der Waals surface area (Å²) in [5.41, 5.74) is 4.14. The molecule has 0 saturated heterocycles. The van der Waals surface area contributed by atoms with E-state index in [4.69, 9.17) is 18.9 Å². The number of amides is 2. The zero-order chi connectivity index (χ0) is 46.7. The van der Waals surface area contributed by atoms with Gasteiger partial charge in [0.15, 0.2) is 11.6 Å². The van der Waals surface area contributed by atoms with E-state index in [0.29, 0.717) is 79.3 Å². The van der Waals surface area contributed by atoms with Crippen LogP contribution in [0.5, 0.6) is 23.0 Å². The molecule has 0 unspecified atom stereocenters. The summed E-state index contributed by atoms with van der Waals surface area (Å²) >= 11 is 0. The van der Waals surface area contributed by atoms with E-state index in [9.17, 15) is 19.5 Å². The van der Waals surface area contributed by atoms with Crippen LogP contribution in [0, 0.1) is 0 Å². The van der Waals surface area contributed by atoms with Crippen LogP contribution in [0.3, 0.4) is 0 Å². The summed E-state index contributed by atoms with van der Waals surface area (Å²) in [6.07, 6.45) is 15.8. The number of carbonyl (C=O) groups excluding carboxylic acids is 3. The second kappa shape index (κ2) is 21.1. The van der Waals surface area contributed by atoms with E-state index in [2.05, 4.69) is 30.8 Å². The minimum Gasteiger partial charge on any atom is -0.490 e. The van der Waals surface area contributed by atoms with E-state index in [0.717, 1.165) is 45.0 Å². The van der Waals surface area contributed by atoms with Crippen molar-refractivity contribution in [3.05, 3.63) is 181 Å². The highest BCUT2D eigenvalue weighted by molar-refractivity contribution is 5.99. The molecule has 4 aromatic heterocycles. The summed E-state index contributed by atoms with van der Waals surface area (Å²) in [6, 6.07) is 31.9. The number of hydrogen-bond acceptors (Lipinski definition) is 12. The molecule has 3 N–H and O–H groups in total. The van der Waals surface area contributed by atoms with Crippen molar-refractivity contribution >= 4 is 39.9 Å². The van der Waals surface area contributed by atoms with Crippen molar-refractivity contribution in [1.82, 2.24) is 40.2 Å². The number of aldehydes is 1. The van der Waals surface area contributed by atoms with Gasteiger partial charge < -0.3 is 39.5 Å². The lowest BCUT2D eigenvalue weighted by atomic mass is 10.1. The molecule has 4 aromatic carbocycles. The fourth-order valence-corrected chi connectivity index (χ4v) is 7.66. The highest BCUT2D eigenvalue weighted by Crippen LogP contribution is 2.26. The molecule has 8 aromatic rings. The third-order valence-electron chi connectivity index (χ3n) is 11.1. The van der Waals surface area contributed by atoms with Crippen molar-refractivity contribution in [1.29, 1.82) is 0 Å². The van der Waals surface area contributed by atoms with E-state index in [1.54, 1.807) is 58.4 Å². The van der Waals surface area contributed by atoms with Crippen molar-refractivity contribution in [2.45, 2.75) is 24.9 Å². The molecule has 16 heteroatoms. The van der Waals surface area contributed by atoms with Gasteiger partial charge in [0.1, 0.15) is 55.7 Å². The number of aromatic nitrogens is 6. The van der Waals surface area contributed by atoms with Gasteiger partial charge >= 0.3 is 0 Å². The van der Waals surface area contributed by atoms with Crippen LogP contribution in [-0.2, 0) is 17.6 Å². The van der Waals surface area contributed by atoms with Gasteiger partial charge in [-0.2, -0.15) is 10.2 Å². The molecule has 16 nitrogen and oxygen atoms in total. The molecule has 12 heterocycles. The molecule has 0 aliphatic carbocycles. The third-order valence-corrected chi connectivity index (χ3v) is 11.1. The van der Waals surface area contributed by atoms with Gasteiger partial charge in [-0.15, -0.1) is 0 Å². The number of benzene rings is 4. The van der Waals surface area contributed by atoms with Crippen molar-refractivity contribution in [2.24, 2.45) is 0 Å². The molecule has 0 saturated carbocycles. The Kier molecular flexibility index (Phi) is 13.8. The molecule has 12 bridgehead atoms.